The van der Waals surface area contributed by atoms with Gasteiger partial charge in [0.2, 0.25) is 0 Å². The van der Waals surface area contributed by atoms with Crippen LogP contribution in [0.3, 0.4) is 0 Å². The molecule has 1 saturated heterocycles. The molecule has 1 fully saturated rings. The van der Waals surface area contributed by atoms with E-state index in [1.54, 1.807) is 11.3 Å². The monoisotopic (exact) mass is 297 g/mol. The van der Waals surface area contributed by atoms with Gasteiger partial charge in [-0.3, -0.25) is 4.79 Å². The summed E-state index contributed by atoms with van der Waals surface area (Å²) in [6, 6.07) is 9.94. The number of nitrogens with one attached hydrogen (secondary N) is 1. The predicted molar refractivity (Wildman–Crippen MR) is 83.4 cm³/mol. The van der Waals surface area contributed by atoms with Crippen molar-refractivity contribution in [3.05, 3.63) is 52.5 Å². The number of thiophene rings is 1. The normalized spacial score (nSPS) is 18.5. The standard InChI is InChI=1S/C16H15N3OS/c20-16(11-7-9-21-10-11)19-8-3-6-14(19)15-17-12-4-1-2-5-13(12)18-15/h1-2,4-5,7,9-10,14H,3,6,8H2,(H,17,18). The highest BCUT2D eigenvalue weighted by Gasteiger charge is 2.32. The number of imidazole rings is 1. The maximum absolute atomic E-state index is 12.6. The number of hydrogen-bond donors (Lipinski definition) is 1. The van der Waals surface area contributed by atoms with Crippen molar-refractivity contribution in [1.82, 2.24) is 14.9 Å². The van der Waals surface area contributed by atoms with Crippen molar-refractivity contribution in [1.29, 1.82) is 0 Å². The minimum atomic E-state index is 0.0600. The molecule has 21 heavy (non-hydrogen) atoms. The zero-order valence-electron chi connectivity index (χ0n) is 11.5. The third-order valence-corrected chi connectivity index (χ3v) is 4.69. The van der Waals surface area contributed by atoms with Crippen LogP contribution in [0.5, 0.6) is 0 Å². The van der Waals surface area contributed by atoms with E-state index in [1.165, 1.54) is 0 Å². The summed E-state index contributed by atoms with van der Waals surface area (Å²) in [6.45, 7) is 0.802. The molecular weight excluding hydrogens is 282 g/mol. The molecule has 0 spiro atoms. The quantitative estimate of drug-likeness (QED) is 0.785. The number of nitrogens with zero attached hydrogens (tertiary/aromatic N) is 2. The molecule has 5 heteroatoms. The van der Waals surface area contributed by atoms with Crippen LogP contribution in [0.1, 0.15) is 35.1 Å². The number of fused-ring (bicyclic) bond motifs is 1. The van der Waals surface area contributed by atoms with Gasteiger partial charge < -0.3 is 9.88 Å². The molecular formula is C16H15N3OS. The Bertz CT molecular complexity index is 745. The van der Waals surface area contributed by atoms with Crippen LogP contribution in [0.2, 0.25) is 0 Å². The van der Waals surface area contributed by atoms with Crippen LogP contribution in [0.15, 0.2) is 41.1 Å². The third kappa shape index (κ3) is 2.14. The first-order valence-electron chi connectivity index (χ1n) is 7.11. The first-order chi connectivity index (χ1) is 10.3. The molecule has 1 amide bonds. The van der Waals surface area contributed by atoms with Gasteiger partial charge in [-0.15, -0.1) is 0 Å². The summed E-state index contributed by atoms with van der Waals surface area (Å²) in [4.78, 5) is 22.6. The summed E-state index contributed by atoms with van der Waals surface area (Å²) in [5, 5.41) is 3.86. The molecule has 1 aliphatic rings. The molecule has 0 aliphatic carbocycles. The molecule has 106 valence electrons. The van der Waals surface area contributed by atoms with E-state index in [2.05, 4.69) is 9.97 Å². The van der Waals surface area contributed by atoms with Gasteiger partial charge >= 0.3 is 0 Å². The van der Waals surface area contributed by atoms with Gasteiger partial charge in [-0.2, -0.15) is 11.3 Å². The van der Waals surface area contributed by atoms with Gasteiger partial charge in [0.1, 0.15) is 5.82 Å². The molecule has 0 bridgehead atoms. The highest BCUT2D eigenvalue weighted by atomic mass is 32.1. The Balaban J connectivity index is 1.68. The molecule has 1 aliphatic heterocycles. The van der Waals surface area contributed by atoms with Crippen LogP contribution >= 0.6 is 11.3 Å². The SMILES string of the molecule is O=C(c1ccsc1)N1CCCC1c1nc2ccccc2[nH]1. The van der Waals surface area contributed by atoms with Crippen LogP contribution in [0.25, 0.3) is 11.0 Å². The van der Waals surface area contributed by atoms with Gasteiger partial charge in [0, 0.05) is 11.9 Å². The maximum atomic E-state index is 12.6. The van der Waals surface area contributed by atoms with Crippen molar-refractivity contribution >= 4 is 28.3 Å². The molecule has 1 unspecified atom stereocenters. The number of hydrogen-bond acceptors (Lipinski definition) is 3. The summed E-state index contributed by atoms with van der Waals surface area (Å²) in [6.07, 6.45) is 1.99. The van der Waals surface area contributed by atoms with E-state index >= 15 is 0 Å². The van der Waals surface area contributed by atoms with E-state index in [9.17, 15) is 4.79 Å². The van der Waals surface area contributed by atoms with Crippen molar-refractivity contribution in [3.63, 3.8) is 0 Å². The molecule has 1 atom stereocenters. The van der Waals surface area contributed by atoms with E-state index in [-0.39, 0.29) is 11.9 Å². The summed E-state index contributed by atoms with van der Waals surface area (Å²) in [7, 11) is 0. The van der Waals surface area contributed by atoms with Crippen LogP contribution in [0, 0.1) is 0 Å². The van der Waals surface area contributed by atoms with E-state index in [0.29, 0.717) is 0 Å². The van der Waals surface area contributed by atoms with Crippen molar-refractivity contribution in [2.75, 3.05) is 6.54 Å². The number of carbonyl (C=O) groups is 1. The summed E-state index contributed by atoms with van der Waals surface area (Å²) in [5.41, 5.74) is 2.77. The second kappa shape index (κ2) is 5.00. The highest BCUT2D eigenvalue weighted by Crippen LogP contribution is 2.32. The molecule has 4 nitrogen and oxygen atoms in total. The average Bonchev–Trinajstić information content (AvgIpc) is 3.24. The van der Waals surface area contributed by atoms with Crippen molar-refractivity contribution in [3.8, 4) is 0 Å². The predicted octanol–water partition coefficient (Wildman–Crippen LogP) is 3.60. The average molecular weight is 297 g/mol. The van der Waals surface area contributed by atoms with Gasteiger partial charge in [0.25, 0.3) is 5.91 Å². The lowest BCUT2D eigenvalue weighted by Crippen LogP contribution is -2.30. The Morgan fingerprint density at radius 1 is 1.33 bits per heavy atom. The second-order valence-electron chi connectivity index (χ2n) is 5.31. The zero-order valence-corrected chi connectivity index (χ0v) is 12.3. The van der Waals surface area contributed by atoms with E-state index in [1.807, 2.05) is 46.0 Å². The number of para-hydroxylation sites is 2. The lowest BCUT2D eigenvalue weighted by molar-refractivity contribution is 0.0731. The summed E-state index contributed by atoms with van der Waals surface area (Å²) < 4.78 is 0. The molecule has 4 rings (SSSR count). The Kier molecular flexibility index (Phi) is 3.00. The minimum absolute atomic E-state index is 0.0600. The number of rotatable bonds is 2. The van der Waals surface area contributed by atoms with Crippen molar-refractivity contribution in [2.45, 2.75) is 18.9 Å². The molecule has 2 aromatic heterocycles. The molecule has 0 saturated carbocycles. The molecule has 1 N–H and O–H groups in total. The van der Waals surface area contributed by atoms with Crippen LogP contribution in [0.4, 0.5) is 0 Å². The minimum Gasteiger partial charge on any atom is -0.340 e. The van der Waals surface area contributed by atoms with Crippen LogP contribution < -0.4 is 0 Å². The Labute approximate surface area is 126 Å². The van der Waals surface area contributed by atoms with Gasteiger partial charge in [0.05, 0.1) is 22.6 Å². The smallest absolute Gasteiger partial charge is 0.255 e. The first-order valence-corrected chi connectivity index (χ1v) is 8.05. The lowest BCUT2D eigenvalue weighted by Gasteiger charge is -2.22. The highest BCUT2D eigenvalue weighted by molar-refractivity contribution is 7.08. The fourth-order valence-electron chi connectivity index (χ4n) is 2.98. The number of aromatic amines is 1. The van der Waals surface area contributed by atoms with Crippen LogP contribution in [-0.4, -0.2) is 27.3 Å². The Hall–Kier alpha value is -2.14. The number of amides is 1. The first kappa shape index (κ1) is 12.6. The maximum Gasteiger partial charge on any atom is 0.255 e. The number of likely N-dealkylation sites (tertiary alicyclic amines) is 1. The number of carbonyl (C=O) groups excluding carboxylic acids is 1. The Morgan fingerprint density at radius 2 is 2.24 bits per heavy atom. The zero-order chi connectivity index (χ0) is 14.2. The largest absolute Gasteiger partial charge is 0.340 e. The number of aromatic nitrogens is 2. The van der Waals surface area contributed by atoms with Gasteiger partial charge in [-0.1, -0.05) is 12.1 Å². The van der Waals surface area contributed by atoms with Crippen LogP contribution in [-0.2, 0) is 0 Å². The van der Waals surface area contributed by atoms with Gasteiger partial charge in [0.15, 0.2) is 0 Å². The number of benzene rings is 1. The fourth-order valence-corrected chi connectivity index (χ4v) is 3.61. The second-order valence-corrected chi connectivity index (χ2v) is 6.09. The molecule has 0 radical (unpaired) electrons. The Morgan fingerprint density at radius 3 is 3.05 bits per heavy atom. The molecule has 3 heterocycles. The van der Waals surface area contributed by atoms with Crippen molar-refractivity contribution < 1.29 is 4.79 Å². The lowest BCUT2D eigenvalue weighted by atomic mass is 10.2. The fraction of sp³-hybridized carbons (Fsp3) is 0.250. The molecule has 1 aromatic carbocycles. The van der Waals surface area contributed by atoms with E-state index in [0.717, 1.165) is 41.8 Å². The molecule has 3 aromatic rings. The summed E-state index contributed by atoms with van der Waals surface area (Å²) >= 11 is 1.56. The topological polar surface area (TPSA) is 49.0 Å². The van der Waals surface area contributed by atoms with E-state index < -0.39 is 0 Å². The third-order valence-electron chi connectivity index (χ3n) is 4.01. The number of H-pyrrole nitrogens is 1. The summed E-state index contributed by atoms with van der Waals surface area (Å²) in [5.74, 6) is 1.01. The van der Waals surface area contributed by atoms with Gasteiger partial charge in [-0.05, 0) is 36.4 Å². The van der Waals surface area contributed by atoms with E-state index in [4.69, 9.17) is 0 Å². The van der Waals surface area contributed by atoms with Gasteiger partial charge in [-0.25, -0.2) is 4.98 Å². The van der Waals surface area contributed by atoms with Crippen molar-refractivity contribution in [2.24, 2.45) is 0 Å².